The van der Waals surface area contributed by atoms with Crippen LogP contribution in [0.5, 0.6) is 0 Å². The first-order chi connectivity index (χ1) is 13.8. The predicted molar refractivity (Wildman–Crippen MR) is 116 cm³/mol. The summed E-state index contributed by atoms with van der Waals surface area (Å²) >= 11 is 0. The molecule has 156 valence electrons. The molecule has 0 spiro atoms. The van der Waals surface area contributed by atoms with Gasteiger partial charge < -0.3 is 15.4 Å². The molecule has 1 aliphatic carbocycles. The Hall–Kier alpha value is -1.63. The van der Waals surface area contributed by atoms with Crippen molar-refractivity contribution in [1.82, 2.24) is 20.4 Å². The van der Waals surface area contributed by atoms with Crippen LogP contribution < -0.4 is 10.6 Å². The van der Waals surface area contributed by atoms with Gasteiger partial charge in [0.05, 0.1) is 0 Å². The molecular formula is C22H37N5O. The van der Waals surface area contributed by atoms with Crippen LogP contribution >= 0.6 is 0 Å². The van der Waals surface area contributed by atoms with Crippen molar-refractivity contribution in [3.63, 3.8) is 0 Å². The van der Waals surface area contributed by atoms with Crippen molar-refractivity contribution in [1.29, 1.82) is 0 Å². The first-order valence-electron chi connectivity index (χ1n) is 10.8. The predicted octanol–water partition coefficient (Wildman–Crippen LogP) is 1.79. The van der Waals surface area contributed by atoms with Gasteiger partial charge in [-0.25, -0.2) is 0 Å². The largest absolute Gasteiger partial charge is 0.381 e. The van der Waals surface area contributed by atoms with E-state index in [0.29, 0.717) is 0 Å². The second-order valence-corrected chi connectivity index (χ2v) is 7.90. The molecule has 3 rings (SSSR count). The monoisotopic (exact) mass is 387 g/mol. The summed E-state index contributed by atoms with van der Waals surface area (Å²) in [5.74, 6) is 1.74. The van der Waals surface area contributed by atoms with E-state index in [2.05, 4.69) is 55.8 Å². The normalized spacial score (nSPS) is 19.0. The molecule has 0 unspecified atom stereocenters. The van der Waals surface area contributed by atoms with Gasteiger partial charge in [0.15, 0.2) is 5.96 Å². The third kappa shape index (κ3) is 8.17. The van der Waals surface area contributed by atoms with Crippen LogP contribution in [0.1, 0.15) is 24.8 Å². The lowest BCUT2D eigenvalue weighted by atomic mass is 10.2. The number of piperazine rings is 1. The zero-order valence-corrected chi connectivity index (χ0v) is 17.4. The average molecular weight is 388 g/mol. The van der Waals surface area contributed by atoms with Gasteiger partial charge in [0.2, 0.25) is 0 Å². The molecule has 1 aromatic rings. The van der Waals surface area contributed by atoms with Crippen molar-refractivity contribution < 1.29 is 4.74 Å². The third-order valence-electron chi connectivity index (χ3n) is 5.47. The van der Waals surface area contributed by atoms with Gasteiger partial charge in [0.25, 0.3) is 0 Å². The number of benzene rings is 1. The average Bonchev–Trinajstić information content (AvgIpc) is 3.55. The molecule has 1 aromatic carbocycles. The van der Waals surface area contributed by atoms with Crippen LogP contribution in [0, 0.1) is 5.92 Å². The molecule has 2 aliphatic rings. The van der Waals surface area contributed by atoms with E-state index >= 15 is 0 Å². The Morgan fingerprint density at radius 3 is 2.46 bits per heavy atom. The number of aliphatic imine (C=N–C) groups is 1. The highest BCUT2D eigenvalue weighted by molar-refractivity contribution is 5.79. The van der Waals surface area contributed by atoms with Crippen molar-refractivity contribution in [2.24, 2.45) is 10.9 Å². The molecule has 28 heavy (non-hydrogen) atoms. The summed E-state index contributed by atoms with van der Waals surface area (Å²) < 4.78 is 5.67. The van der Waals surface area contributed by atoms with Crippen molar-refractivity contribution in [2.45, 2.75) is 25.8 Å². The van der Waals surface area contributed by atoms with E-state index in [-0.39, 0.29) is 0 Å². The summed E-state index contributed by atoms with van der Waals surface area (Å²) in [6.07, 6.45) is 3.74. The smallest absolute Gasteiger partial charge is 0.191 e. The van der Waals surface area contributed by atoms with E-state index in [9.17, 15) is 0 Å². The number of hydrogen-bond acceptors (Lipinski definition) is 4. The second kappa shape index (κ2) is 12.0. The van der Waals surface area contributed by atoms with Crippen LogP contribution in [-0.4, -0.2) is 81.8 Å². The summed E-state index contributed by atoms with van der Waals surface area (Å²) in [6.45, 7) is 10.3. The van der Waals surface area contributed by atoms with Crippen LogP contribution in [-0.2, 0) is 11.3 Å². The Labute approximate surface area is 170 Å². The first kappa shape index (κ1) is 21.1. The van der Waals surface area contributed by atoms with E-state index < -0.39 is 0 Å². The zero-order valence-electron chi connectivity index (χ0n) is 17.4. The van der Waals surface area contributed by atoms with Gasteiger partial charge in [-0.3, -0.25) is 14.8 Å². The Balaban J connectivity index is 1.20. The standard InChI is InChI=1S/C22H37N5O/c1-23-22(24-10-5-17-28-19-21-8-9-21)25-11-12-26-13-15-27(16-14-26)18-20-6-3-2-4-7-20/h2-4,6-7,21H,5,8-19H2,1H3,(H2,23,24,25). The van der Waals surface area contributed by atoms with Gasteiger partial charge >= 0.3 is 0 Å². The maximum absolute atomic E-state index is 5.67. The number of ether oxygens (including phenoxy) is 1. The maximum Gasteiger partial charge on any atom is 0.191 e. The topological polar surface area (TPSA) is 52.1 Å². The summed E-state index contributed by atoms with van der Waals surface area (Å²) in [5.41, 5.74) is 1.41. The van der Waals surface area contributed by atoms with Crippen molar-refractivity contribution in [3.8, 4) is 0 Å². The summed E-state index contributed by atoms with van der Waals surface area (Å²) in [4.78, 5) is 9.39. The lowest BCUT2D eigenvalue weighted by Gasteiger charge is -2.34. The van der Waals surface area contributed by atoms with E-state index in [1.165, 1.54) is 18.4 Å². The van der Waals surface area contributed by atoms with Gasteiger partial charge in [0.1, 0.15) is 0 Å². The Kier molecular flexibility index (Phi) is 9.07. The maximum atomic E-state index is 5.67. The second-order valence-electron chi connectivity index (χ2n) is 7.90. The molecule has 0 radical (unpaired) electrons. The molecule has 6 nitrogen and oxygen atoms in total. The molecule has 0 amide bonds. The molecule has 1 saturated carbocycles. The minimum Gasteiger partial charge on any atom is -0.381 e. The van der Waals surface area contributed by atoms with Gasteiger partial charge in [-0.05, 0) is 30.7 Å². The third-order valence-corrected chi connectivity index (χ3v) is 5.47. The zero-order chi connectivity index (χ0) is 19.4. The quantitative estimate of drug-likeness (QED) is 0.344. The molecule has 1 heterocycles. The minimum absolute atomic E-state index is 0.841. The highest BCUT2D eigenvalue weighted by Gasteiger charge is 2.20. The van der Waals surface area contributed by atoms with E-state index in [1.807, 2.05) is 7.05 Å². The van der Waals surface area contributed by atoms with Crippen LogP contribution in [0.3, 0.4) is 0 Å². The molecule has 2 N–H and O–H groups in total. The SMILES string of the molecule is CN=C(NCCCOCC1CC1)NCCN1CCN(Cc2ccccc2)CC1. The Bertz CT molecular complexity index is 568. The molecule has 1 saturated heterocycles. The van der Waals surface area contributed by atoms with Crippen molar-refractivity contribution in [2.75, 3.05) is 66.1 Å². The van der Waals surface area contributed by atoms with Gasteiger partial charge in [-0.2, -0.15) is 0 Å². The fourth-order valence-corrected chi connectivity index (χ4v) is 3.48. The molecule has 1 aliphatic heterocycles. The Morgan fingerprint density at radius 2 is 1.75 bits per heavy atom. The molecule has 0 bridgehead atoms. The summed E-state index contributed by atoms with van der Waals surface area (Å²) in [5, 5.41) is 6.81. The minimum atomic E-state index is 0.841. The number of nitrogens with zero attached hydrogens (tertiary/aromatic N) is 3. The fraction of sp³-hybridized carbons (Fsp3) is 0.682. The number of nitrogens with one attached hydrogen (secondary N) is 2. The van der Waals surface area contributed by atoms with Crippen LogP contribution in [0.4, 0.5) is 0 Å². The van der Waals surface area contributed by atoms with E-state index in [4.69, 9.17) is 4.74 Å². The van der Waals surface area contributed by atoms with Gasteiger partial charge in [-0.1, -0.05) is 30.3 Å². The van der Waals surface area contributed by atoms with E-state index in [0.717, 1.165) is 83.9 Å². The highest BCUT2D eigenvalue weighted by Crippen LogP contribution is 2.28. The van der Waals surface area contributed by atoms with Gasteiger partial charge in [0, 0.05) is 72.6 Å². The number of rotatable bonds is 11. The molecule has 2 fully saturated rings. The summed E-state index contributed by atoms with van der Waals surface area (Å²) in [6, 6.07) is 10.8. The highest BCUT2D eigenvalue weighted by atomic mass is 16.5. The van der Waals surface area contributed by atoms with Crippen molar-refractivity contribution >= 4 is 5.96 Å². The molecule has 0 atom stereocenters. The lowest BCUT2D eigenvalue weighted by molar-refractivity contribution is 0.123. The van der Waals surface area contributed by atoms with Crippen LogP contribution in [0.2, 0.25) is 0 Å². The van der Waals surface area contributed by atoms with Crippen molar-refractivity contribution in [3.05, 3.63) is 35.9 Å². The number of hydrogen-bond donors (Lipinski definition) is 2. The van der Waals surface area contributed by atoms with Gasteiger partial charge in [-0.15, -0.1) is 0 Å². The molecule has 0 aromatic heterocycles. The van der Waals surface area contributed by atoms with Crippen LogP contribution in [0.15, 0.2) is 35.3 Å². The Morgan fingerprint density at radius 1 is 1.04 bits per heavy atom. The van der Waals surface area contributed by atoms with E-state index in [1.54, 1.807) is 0 Å². The lowest BCUT2D eigenvalue weighted by Crippen LogP contribution is -2.49. The molecule has 6 heteroatoms. The van der Waals surface area contributed by atoms with Crippen LogP contribution in [0.25, 0.3) is 0 Å². The first-order valence-corrected chi connectivity index (χ1v) is 10.8. The molecular weight excluding hydrogens is 350 g/mol. The number of guanidine groups is 1. The summed E-state index contributed by atoms with van der Waals surface area (Å²) in [7, 11) is 1.83. The fourth-order valence-electron chi connectivity index (χ4n) is 3.48.